The second-order valence-electron chi connectivity index (χ2n) is 5.75. The zero-order valence-corrected chi connectivity index (χ0v) is 14.2. The van der Waals surface area contributed by atoms with Crippen LogP contribution in [0.15, 0.2) is 29.2 Å². The molecule has 2 saturated heterocycles. The molecular formula is C15H20N2O3S2. The Balaban J connectivity index is 1.74. The van der Waals surface area contributed by atoms with Gasteiger partial charge in [0.15, 0.2) is 5.78 Å². The van der Waals surface area contributed by atoms with Gasteiger partial charge in [0.25, 0.3) is 0 Å². The van der Waals surface area contributed by atoms with Crippen LogP contribution in [0.1, 0.15) is 30.1 Å². The SMILES string of the molecule is CC(=O)c1ccc(S(=O)(=O)N2CCC3(CC2)NCCS3)cc1. The molecule has 1 N–H and O–H groups in total. The molecule has 3 rings (SSSR count). The fraction of sp³-hybridized carbons (Fsp3) is 0.533. The number of Topliss-reactive ketones (excluding diaryl/α,β-unsaturated/α-hetero) is 1. The van der Waals surface area contributed by atoms with Gasteiger partial charge >= 0.3 is 0 Å². The van der Waals surface area contributed by atoms with Crippen molar-refractivity contribution < 1.29 is 13.2 Å². The van der Waals surface area contributed by atoms with Crippen molar-refractivity contribution >= 4 is 27.6 Å². The third kappa shape index (κ3) is 2.95. The summed E-state index contributed by atoms with van der Waals surface area (Å²) in [4.78, 5) is 11.6. The van der Waals surface area contributed by atoms with Crippen molar-refractivity contribution in [2.24, 2.45) is 0 Å². The molecule has 1 aromatic carbocycles. The molecular weight excluding hydrogens is 320 g/mol. The second-order valence-corrected chi connectivity index (χ2v) is 9.17. The number of hydrogen-bond acceptors (Lipinski definition) is 5. The zero-order valence-electron chi connectivity index (χ0n) is 12.5. The lowest BCUT2D eigenvalue weighted by Gasteiger charge is -2.38. The summed E-state index contributed by atoms with van der Waals surface area (Å²) in [5.74, 6) is 1.03. The van der Waals surface area contributed by atoms with E-state index in [1.807, 2.05) is 11.8 Å². The van der Waals surface area contributed by atoms with Crippen LogP contribution in [0.3, 0.4) is 0 Å². The molecule has 0 aromatic heterocycles. The first-order valence-electron chi connectivity index (χ1n) is 7.43. The van der Waals surface area contributed by atoms with Gasteiger partial charge in [0.2, 0.25) is 10.0 Å². The number of nitrogens with one attached hydrogen (secondary N) is 1. The van der Waals surface area contributed by atoms with Crippen LogP contribution >= 0.6 is 11.8 Å². The van der Waals surface area contributed by atoms with E-state index in [0.29, 0.717) is 18.7 Å². The quantitative estimate of drug-likeness (QED) is 0.849. The maximum absolute atomic E-state index is 12.7. The Morgan fingerprint density at radius 1 is 1.23 bits per heavy atom. The molecule has 2 aliphatic heterocycles. The highest BCUT2D eigenvalue weighted by Gasteiger charge is 2.40. The summed E-state index contributed by atoms with van der Waals surface area (Å²) in [6, 6.07) is 6.21. The number of carbonyl (C=O) groups is 1. The molecule has 7 heteroatoms. The molecule has 1 aromatic rings. The molecule has 0 unspecified atom stereocenters. The molecule has 2 fully saturated rings. The Morgan fingerprint density at radius 2 is 1.86 bits per heavy atom. The average Bonchev–Trinajstić information content (AvgIpc) is 2.96. The van der Waals surface area contributed by atoms with Gasteiger partial charge in [-0.25, -0.2) is 8.42 Å². The highest BCUT2D eigenvalue weighted by atomic mass is 32.2. The van der Waals surface area contributed by atoms with Crippen molar-refractivity contribution in [3.63, 3.8) is 0 Å². The number of ketones is 1. The third-order valence-electron chi connectivity index (χ3n) is 4.36. The minimum atomic E-state index is -3.47. The van der Waals surface area contributed by atoms with Gasteiger partial charge in [0.1, 0.15) is 0 Å². The zero-order chi connectivity index (χ0) is 15.8. The van der Waals surface area contributed by atoms with Crippen LogP contribution in [0.25, 0.3) is 0 Å². The van der Waals surface area contributed by atoms with E-state index < -0.39 is 10.0 Å². The summed E-state index contributed by atoms with van der Waals surface area (Å²) in [6.07, 6.45) is 1.67. The summed E-state index contributed by atoms with van der Waals surface area (Å²) in [5.41, 5.74) is 0.531. The van der Waals surface area contributed by atoms with Crippen LogP contribution in [0.2, 0.25) is 0 Å². The number of carbonyl (C=O) groups excluding carboxylic acids is 1. The molecule has 0 radical (unpaired) electrons. The van der Waals surface area contributed by atoms with Gasteiger partial charge in [0.05, 0.1) is 9.77 Å². The summed E-state index contributed by atoms with van der Waals surface area (Å²) < 4.78 is 26.9. The van der Waals surface area contributed by atoms with Crippen LogP contribution < -0.4 is 5.32 Å². The molecule has 120 valence electrons. The van der Waals surface area contributed by atoms with Crippen LogP contribution in [0.4, 0.5) is 0 Å². The lowest BCUT2D eigenvalue weighted by Crippen LogP contribution is -2.49. The van der Waals surface area contributed by atoms with E-state index in [1.165, 1.54) is 19.1 Å². The number of benzene rings is 1. The number of piperidine rings is 1. The normalized spacial score (nSPS) is 22.0. The maximum Gasteiger partial charge on any atom is 0.243 e. The molecule has 0 bridgehead atoms. The average molecular weight is 340 g/mol. The molecule has 0 amide bonds. The minimum absolute atomic E-state index is 0.0619. The number of rotatable bonds is 3. The molecule has 0 atom stereocenters. The van der Waals surface area contributed by atoms with Gasteiger partial charge in [-0.1, -0.05) is 12.1 Å². The number of nitrogens with zero attached hydrogens (tertiary/aromatic N) is 1. The Labute approximate surface area is 135 Å². The van der Waals surface area contributed by atoms with Crippen molar-refractivity contribution in [1.29, 1.82) is 0 Å². The maximum atomic E-state index is 12.7. The van der Waals surface area contributed by atoms with Crippen molar-refractivity contribution in [2.75, 3.05) is 25.4 Å². The summed E-state index contributed by atoms with van der Waals surface area (Å²) >= 11 is 1.91. The van der Waals surface area contributed by atoms with Crippen LogP contribution in [0, 0.1) is 0 Å². The highest BCUT2D eigenvalue weighted by Crippen LogP contribution is 2.38. The van der Waals surface area contributed by atoms with Crippen molar-refractivity contribution in [1.82, 2.24) is 9.62 Å². The van der Waals surface area contributed by atoms with Crippen molar-refractivity contribution in [3.8, 4) is 0 Å². The van der Waals surface area contributed by atoms with Gasteiger partial charge in [-0.15, -0.1) is 11.8 Å². The first kappa shape index (κ1) is 16.0. The lowest BCUT2D eigenvalue weighted by molar-refractivity contribution is 0.101. The summed E-state index contributed by atoms with van der Waals surface area (Å²) in [7, 11) is -3.47. The lowest BCUT2D eigenvalue weighted by atomic mass is 10.1. The fourth-order valence-corrected chi connectivity index (χ4v) is 5.71. The Bertz CT molecular complexity index is 655. The second kappa shape index (κ2) is 5.96. The largest absolute Gasteiger partial charge is 0.302 e. The Kier molecular flexibility index (Phi) is 4.33. The fourth-order valence-electron chi connectivity index (χ4n) is 3.00. The van der Waals surface area contributed by atoms with Crippen LogP contribution in [-0.4, -0.2) is 48.8 Å². The first-order chi connectivity index (χ1) is 10.4. The first-order valence-corrected chi connectivity index (χ1v) is 9.86. The number of sulfonamides is 1. The molecule has 2 heterocycles. The van der Waals surface area contributed by atoms with E-state index in [-0.39, 0.29) is 15.5 Å². The van der Waals surface area contributed by atoms with Crippen LogP contribution in [0.5, 0.6) is 0 Å². The van der Waals surface area contributed by atoms with Crippen molar-refractivity contribution in [2.45, 2.75) is 29.5 Å². The van der Waals surface area contributed by atoms with E-state index >= 15 is 0 Å². The van der Waals surface area contributed by atoms with Gasteiger partial charge in [-0.05, 0) is 31.9 Å². The van der Waals surface area contributed by atoms with Crippen LogP contribution in [-0.2, 0) is 10.0 Å². The van der Waals surface area contributed by atoms with Crippen molar-refractivity contribution in [3.05, 3.63) is 29.8 Å². The summed E-state index contributed by atoms with van der Waals surface area (Å²) in [6.45, 7) is 3.55. The van der Waals surface area contributed by atoms with E-state index in [1.54, 1.807) is 16.4 Å². The highest BCUT2D eigenvalue weighted by molar-refractivity contribution is 8.00. The van der Waals surface area contributed by atoms with E-state index in [2.05, 4.69) is 5.32 Å². The smallest absolute Gasteiger partial charge is 0.243 e. The molecule has 1 spiro atoms. The Hall–Kier alpha value is -0.890. The van der Waals surface area contributed by atoms with Gasteiger partial charge in [-0.3, -0.25) is 4.79 Å². The predicted octanol–water partition coefficient (Wildman–Crippen LogP) is 1.71. The monoisotopic (exact) mass is 340 g/mol. The molecule has 5 nitrogen and oxygen atoms in total. The van der Waals surface area contributed by atoms with E-state index in [4.69, 9.17) is 0 Å². The molecule has 0 saturated carbocycles. The Morgan fingerprint density at radius 3 is 2.36 bits per heavy atom. The van der Waals surface area contributed by atoms with Gasteiger partial charge in [0, 0.05) is 31.0 Å². The van der Waals surface area contributed by atoms with Gasteiger partial charge < -0.3 is 5.32 Å². The van der Waals surface area contributed by atoms with E-state index in [9.17, 15) is 13.2 Å². The predicted molar refractivity (Wildman–Crippen MR) is 87.6 cm³/mol. The minimum Gasteiger partial charge on any atom is -0.302 e. The van der Waals surface area contributed by atoms with Gasteiger partial charge in [-0.2, -0.15) is 4.31 Å². The summed E-state index contributed by atoms with van der Waals surface area (Å²) in [5, 5.41) is 3.51. The molecule has 22 heavy (non-hydrogen) atoms. The van der Waals surface area contributed by atoms with E-state index in [0.717, 1.165) is 25.1 Å². The standard InChI is InChI=1S/C15H20N2O3S2/c1-12(18)13-2-4-14(5-3-13)22(19,20)17-9-6-15(7-10-17)16-8-11-21-15/h2-5,16H,6-11H2,1H3. The topological polar surface area (TPSA) is 66.5 Å². The third-order valence-corrected chi connectivity index (χ3v) is 7.78. The molecule has 2 aliphatic rings. The molecule has 0 aliphatic carbocycles. The number of thioether (sulfide) groups is 1. The number of hydrogen-bond donors (Lipinski definition) is 1.